The van der Waals surface area contributed by atoms with Crippen molar-refractivity contribution in [2.75, 3.05) is 7.11 Å². The highest BCUT2D eigenvalue weighted by Gasteiger charge is 2.38. The van der Waals surface area contributed by atoms with Gasteiger partial charge in [0.25, 0.3) is 5.91 Å². The smallest absolute Gasteiger partial charge is 0.435 e. The topological polar surface area (TPSA) is 114 Å². The third-order valence-corrected chi connectivity index (χ3v) is 3.54. The Labute approximate surface area is 144 Å². The number of methoxy groups -OCH3 is 1. The quantitative estimate of drug-likeness (QED) is 0.741. The SMILES string of the molecule is COc1cc(-n2cc(-c3cnc(C(N)=O)n3C)c(C(F)(F)F)n2)ncn1. The molecule has 2 N–H and O–H groups in total. The average Bonchev–Trinajstić information content (AvgIpc) is 3.18. The summed E-state index contributed by atoms with van der Waals surface area (Å²) in [5.41, 5.74) is 3.75. The fourth-order valence-electron chi connectivity index (χ4n) is 2.34. The predicted octanol–water partition coefficient (Wildman–Crippen LogP) is 1.19. The molecule has 0 spiro atoms. The maximum Gasteiger partial charge on any atom is 0.435 e. The van der Waals surface area contributed by atoms with Crippen molar-refractivity contribution >= 4 is 5.91 Å². The van der Waals surface area contributed by atoms with E-state index < -0.39 is 17.8 Å². The molecule has 136 valence electrons. The molecule has 26 heavy (non-hydrogen) atoms. The number of primary amides is 1. The van der Waals surface area contributed by atoms with Crippen LogP contribution in [0.5, 0.6) is 5.88 Å². The molecule has 1 amide bonds. The maximum absolute atomic E-state index is 13.5. The Balaban J connectivity index is 2.19. The minimum atomic E-state index is -4.74. The van der Waals surface area contributed by atoms with Crippen molar-refractivity contribution < 1.29 is 22.7 Å². The molecule has 0 bridgehead atoms. The Morgan fingerprint density at radius 3 is 2.58 bits per heavy atom. The Hall–Kier alpha value is -3.44. The molecule has 0 aromatic carbocycles. The summed E-state index contributed by atoms with van der Waals surface area (Å²) in [7, 11) is 2.75. The first kappa shape index (κ1) is 17.4. The van der Waals surface area contributed by atoms with Gasteiger partial charge < -0.3 is 15.0 Å². The summed E-state index contributed by atoms with van der Waals surface area (Å²) in [4.78, 5) is 22.8. The number of rotatable bonds is 4. The Morgan fingerprint density at radius 1 is 1.27 bits per heavy atom. The number of imidazole rings is 1. The lowest BCUT2D eigenvalue weighted by Gasteiger charge is -2.07. The number of halogens is 3. The van der Waals surface area contributed by atoms with E-state index in [9.17, 15) is 18.0 Å². The van der Waals surface area contributed by atoms with Gasteiger partial charge in [-0.2, -0.15) is 18.3 Å². The van der Waals surface area contributed by atoms with E-state index in [1.165, 1.54) is 24.8 Å². The number of amides is 1. The molecule has 0 aliphatic heterocycles. The average molecular weight is 367 g/mol. The summed E-state index contributed by atoms with van der Waals surface area (Å²) in [5.74, 6) is -0.798. The lowest BCUT2D eigenvalue weighted by Crippen LogP contribution is -2.17. The number of aromatic nitrogens is 6. The van der Waals surface area contributed by atoms with Gasteiger partial charge in [0.15, 0.2) is 17.3 Å². The number of nitrogens with two attached hydrogens (primary N) is 1. The molecule has 3 heterocycles. The highest BCUT2D eigenvalue weighted by Crippen LogP contribution is 2.36. The first-order chi connectivity index (χ1) is 12.2. The van der Waals surface area contributed by atoms with E-state index in [4.69, 9.17) is 10.5 Å². The van der Waals surface area contributed by atoms with E-state index >= 15 is 0 Å². The number of hydrogen-bond donors (Lipinski definition) is 1. The Kier molecular flexibility index (Phi) is 4.10. The van der Waals surface area contributed by atoms with Crippen LogP contribution >= 0.6 is 0 Å². The maximum atomic E-state index is 13.5. The van der Waals surface area contributed by atoms with Crippen molar-refractivity contribution in [3.05, 3.63) is 36.3 Å². The third-order valence-electron chi connectivity index (χ3n) is 3.54. The van der Waals surface area contributed by atoms with Crippen LogP contribution in [0.2, 0.25) is 0 Å². The second kappa shape index (κ2) is 6.13. The number of carbonyl (C=O) groups is 1. The summed E-state index contributed by atoms with van der Waals surface area (Å²) in [5, 5.41) is 3.59. The normalized spacial score (nSPS) is 11.6. The van der Waals surface area contributed by atoms with Crippen LogP contribution in [-0.2, 0) is 13.2 Å². The molecule has 0 saturated carbocycles. The summed E-state index contributed by atoms with van der Waals surface area (Å²) < 4.78 is 47.4. The summed E-state index contributed by atoms with van der Waals surface area (Å²) in [6.45, 7) is 0. The largest absolute Gasteiger partial charge is 0.481 e. The van der Waals surface area contributed by atoms with Crippen molar-refractivity contribution in [3.8, 4) is 23.0 Å². The van der Waals surface area contributed by atoms with E-state index in [1.807, 2.05) is 0 Å². The van der Waals surface area contributed by atoms with Gasteiger partial charge in [-0.15, -0.1) is 0 Å². The number of hydrogen-bond acceptors (Lipinski definition) is 6. The van der Waals surface area contributed by atoms with Gasteiger partial charge in [0.05, 0.1) is 24.6 Å². The van der Waals surface area contributed by atoms with Gasteiger partial charge in [-0.3, -0.25) is 4.79 Å². The molecule has 9 nitrogen and oxygen atoms in total. The Bertz CT molecular complexity index is 977. The third kappa shape index (κ3) is 2.96. The molecular weight excluding hydrogens is 355 g/mol. The molecule has 0 atom stereocenters. The first-order valence-corrected chi connectivity index (χ1v) is 7.07. The van der Waals surface area contributed by atoms with Crippen molar-refractivity contribution in [3.63, 3.8) is 0 Å². The van der Waals surface area contributed by atoms with E-state index in [1.54, 1.807) is 0 Å². The monoisotopic (exact) mass is 367 g/mol. The van der Waals surface area contributed by atoms with Crippen LogP contribution in [-0.4, -0.2) is 42.3 Å². The van der Waals surface area contributed by atoms with Crippen LogP contribution in [0.1, 0.15) is 16.3 Å². The molecule has 0 aliphatic carbocycles. The summed E-state index contributed by atoms with van der Waals surface area (Å²) >= 11 is 0. The van der Waals surface area contributed by atoms with Crippen LogP contribution in [0, 0.1) is 0 Å². The highest BCUT2D eigenvalue weighted by atomic mass is 19.4. The number of nitrogens with zero attached hydrogens (tertiary/aromatic N) is 6. The predicted molar refractivity (Wildman–Crippen MR) is 81.4 cm³/mol. The minimum absolute atomic E-state index is 0.0263. The van der Waals surface area contributed by atoms with Gasteiger partial charge in [0.2, 0.25) is 5.88 Å². The number of ether oxygens (including phenoxy) is 1. The molecule has 0 aliphatic rings. The standard InChI is InChI=1S/C14H12F3N7O2/c1-23-8(4-19-13(23)12(18)25)7-5-24(22-11(7)14(15,16)17)9-3-10(26-2)21-6-20-9/h3-6H,1-2H3,(H2,18,25). The highest BCUT2D eigenvalue weighted by molar-refractivity contribution is 5.90. The van der Waals surface area contributed by atoms with E-state index in [0.29, 0.717) is 0 Å². The second-order valence-corrected chi connectivity index (χ2v) is 5.14. The van der Waals surface area contributed by atoms with Gasteiger partial charge in [0, 0.05) is 19.3 Å². The molecule has 3 aromatic heterocycles. The van der Waals surface area contributed by atoms with Crippen LogP contribution in [0.15, 0.2) is 24.8 Å². The van der Waals surface area contributed by atoms with Crippen LogP contribution < -0.4 is 10.5 Å². The van der Waals surface area contributed by atoms with Crippen LogP contribution in [0.3, 0.4) is 0 Å². The van der Waals surface area contributed by atoms with Crippen molar-refractivity contribution in [1.29, 1.82) is 0 Å². The molecule has 0 radical (unpaired) electrons. The van der Waals surface area contributed by atoms with Gasteiger partial charge in [-0.25, -0.2) is 19.6 Å². The van der Waals surface area contributed by atoms with Gasteiger partial charge in [0.1, 0.15) is 6.33 Å². The van der Waals surface area contributed by atoms with Crippen molar-refractivity contribution in [2.24, 2.45) is 12.8 Å². The molecule has 0 fully saturated rings. The fourth-order valence-corrected chi connectivity index (χ4v) is 2.34. The Morgan fingerprint density at radius 2 is 2.00 bits per heavy atom. The van der Waals surface area contributed by atoms with Crippen molar-refractivity contribution in [2.45, 2.75) is 6.18 Å². The summed E-state index contributed by atoms with van der Waals surface area (Å²) in [6.07, 6.45) is -1.35. The van der Waals surface area contributed by atoms with Crippen LogP contribution in [0.4, 0.5) is 13.2 Å². The van der Waals surface area contributed by atoms with Gasteiger partial charge >= 0.3 is 6.18 Å². The first-order valence-electron chi connectivity index (χ1n) is 7.07. The van der Waals surface area contributed by atoms with Crippen LogP contribution in [0.25, 0.3) is 17.1 Å². The molecule has 12 heteroatoms. The summed E-state index contributed by atoms with van der Waals surface area (Å²) in [6, 6.07) is 1.33. The molecular formula is C14H12F3N7O2. The fraction of sp³-hybridized carbons (Fsp3) is 0.214. The molecule has 3 rings (SSSR count). The zero-order valence-electron chi connectivity index (χ0n) is 13.5. The minimum Gasteiger partial charge on any atom is -0.481 e. The zero-order chi connectivity index (χ0) is 19.1. The molecule has 0 unspecified atom stereocenters. The zero-order valence-corrected chi connectivity index (χ0v) is 13.5. The number of carbonyl (C=O) groups excluding carboxylic acids is 1. The van der Waals surface area contributed by atoms with Crippen molar-refractivity contribution in [1.82, 2.24) is 29.3 Å². The van der Waals surface area contributed by atoms with E-state index in [2.05, 4.69) is 20.1 Å². The number of alkyl halides is 3. The lowest BCUT2D eigenvalue weighted by molar-refractivity contribution is -0.140. The van der Waals surface area contributed by atoms with E-state index in [-0.39, 0.29) is 28.8 Å². The van der Waals surface area contributed by atoms with E-state index in [0.717, 1.165) is 23.4 Å². The molecule has 0 saturated heterocycles. The van der Waals surface area contributed by atoms with Gasteiger partial charge in [-0.1, -0.05) is 0 Å². The second-order valence-electron chi connectivity index (χ2n) is 5.14. The van der Waals surface area contributed by atoms with Gasteiger partial charge in [-0.05, 0) is 0 Å². The molecule has 3 aromatic rings. The lowest BCUT2D eigenvalue weighted by atomic mass is 10.2.